The van der Waals surface area contributed by atoms with E-state index in [1.807, 2.05) is 6.08 Å². The number of allylic oxidation sites excluding steroid dienone is 1. The van der Waals surface area contributed by atoms with Gasteiger partial charge >= 0.3 is 0 Å². The molecule has 16 heavy (non-hydrogen) atoms. The standard InChI is InChI=1S/C12H12BrFO2/c13-8-4-5-10(14)9(7-8)12(15)11-3-1-2-6-16-11/h3-5,7,12,15H,1-2,6H2. The predicted octanol–water partition coefficient (Wildman–Crippen LogP) is 3.32. The maximum atomic E-state index is 13.5. The summed E-state index contributed by atoms with van der Waals surface area (Å²) < 4.78 is 19.6. The van der Waals surface area contributed by atoms with Crippen LogP contribution >= 0.6 is 15.9 Å². The third-order valence-corrected chi connectivity index (χ3v) is 2.98. The molecule has 0 amide bonds. The normalized spacial score (nSPS) is 17.6. The van der Waals surface area contributed by atoms with E-state index in [0.29, 0.717) is 12.4 Å². The van der Waals surface area contributed by atoms with Crippen LogP contribution in [0.4, 0.5) is 4.39 Å². The summed E-state index contributed by atoms with van der Waals surface area (Å²) in [5.41, 5.74) is 0.238. The average molecular weight is 287 g/mol. The molecule has 0 aliphatic carbocycles. The van der Waals surface area contributed by atoms with Crippen LogP contribution in [0.3, 0.4) is 0 Å². The maximum Gasteiger partial charge on any atom is 0.139 e. The van der Waals surface area contributed by atoms with Crippen molar-refractivity contribution in [3.63, 3.8) is 0 Å². The van der Waals surface area contributed by atoms with E-state index in [1.165, 1.54) is 6.07 Å². The lowest BCUT2D eigenvalue weighted by molar-refractivity contribution is 0.0897. The summed E-state index contributed by atoms with van der Waals surface area (Å²) in [6.45, 7) is 0.582. The number of aliphatic hydroxyl groups is 1. The number of rotatable bonds is 2. The second kappa shape index (κ2) is 4.97. The fraction of sp³-hybridized carbons (Fsp3) is 0.333. The Hall–Kier alpha value is -0.870. The fourth-order valence-corrected chi connectivity index (χ4v) is 2.02. The highest BCUT2D eigenvalue weighted by Crippen LogP contribution is 2.29. The third-order valence-electron chi connectivity index (χ3n) is 2.48. The Morgan fingerprint density at radius 2 is 2.25 bits per heavy atom. The third kappa shape index (κ3) is 2.44. The number of halogens is 2. The quantitative estimate of drug-likeness (QED) is 0.904. The van der Waals surface area contributed by atoms with Crippen molar-refractivity contribution in [2.75, 3.05) is 6.61 Å². The number of aliphatic hydroxyl groups excluding tert-OH is 1. The van der Waals surface area contributed by atoms with E-state index < -0.39 is 11.9 Å². The fourth-order valence-electron chi connectivity index (χ4n) is 1.64. The van der Waals surface area contributed by atoms with Crippen molar-refractivity contribution in [2.45, 2.75) is 18.9 Å². The lowest BCUT2D eigenvalue weighted by atomic mass is 10.1. The topological polar surface area (TPSA) is 29.5 Å². The van der Waals surface area contributed by atoms with E-state index in [9.17, 15) is 9.50 Å². The molecule has 2 rings (SSSR count). The molecular weight excluding hydrogens is 275 g/mol. The Balaban J connectivity index is 2.29. The molecular formula is C12H12BrFO2. The minimum absolute atomic E-state index is 0.238. The molecule has 1 aliphatic heterocycles. The van der Waals surface area contributed by atoms with E-state index in [2.05, 4.69) is 15.9 Å². The van der Waals surface area contributed by atoms with Gasteiger partial charge in [0.25, 0.3) is 0 Å². The lowest BCUT2D eigenvalue weighted by Gasteiger charge is -2.20. The van der Waals surface area contributed by atoms with Crippen LogP contribution < -0.4 is 0 Å². The van der Waals surface area contributed by atoms with Gasteiger partial charge in [-0.2, -0.15) is 0 Å². The minimum atomic E-state index is -1.02. The van der Waals surface area contributed by atoms with E-state index in [0.717, 1.165) is 17.3 Å². The first-order valence-electron chi connectivity index (χ1n) is 5.14. The van der Waals surface area contributed by atoms with Gasteiger partial charge in [-0.1, -0.05) is 15.9 Å². The molecule has 1 atom stereocenters. The summed E-state index contributed by atoms with van der Waals surface area (Å²) in [6.07, 6.45) is 2.60. The van der Waals surface area contributed by atoms with Gasteiger partial charge in [-0.15, -0.1) is 0 Å². The van der Waals surface area contributed by atoms with Gasteiger partial charge in [-0.25, -0.2) is 4.39 Å². The highest BCUT2D eigenvalue weighted by atomic mass is 79.9. The first-order chi connectivity index (χ1) is 7.68. The zero-order valence-electron chi connectivity index (χ0n) is 8.62. The van der Waals surface area contributed by atoms with Crippen molar-refractivity contribution in [3.05, 3.63) is 45.9 Å². The summed E-state index contributed by atoms with van der Waals surface area (Å²) in [5.74, 6) is 0.0222. The number of ether oxygens (including phenoxy) is 1. The molecule has 4 heteroatoms. The van der Waals surface area contributed by atoms with Crippen LogP contribution in [0.2, 0.25) is 0 Å². The largest absolute Gasteiger partial charge is 0.495 e. The first-order valence-corrected chi connectivity index (χ1v) is 5.93. The van der Waals surface area contributed by atoms with Gasteiger partial charge < -0.3 is 9.84 Å². The molecule has 0 spiro atoms. The van der Waals surface area contributed by atoms with Crippen LogP contribution in [0.15, 0.2) is 34.5 Å². The molecule has 1 aliphatic rings. The molecule has 1 aromatic carbocycles. The van der Waals surface area contributed by atoms with Gasteiger partial charge in [0.2, 0.25) is 0 Å². The zero-order valence-corrected chi connectivity index (χ0v) is 10.2. The van der Waals surface area contributed by atoms with Crippen molar-refractivity contribution in [2.24, 2.45) is 0 Å². The Morgan fingerprint density at radius 3 is 2.94 bits per heavy atom. The van der Waals surface area contributed by atoms with Crippen LogP contribution in [-0.4, -0.2) is 11.7 Å². The number of hydrogen-bond acceptors (Lipinski definition) is 2. The number of hydrogen-bond donors (Lipinski definition) is 1. The molecule has 0 saturated heterocycles. The molecule has 1 aromatic rings. The van der Waals surface area contributed by atoms with Gasteiger partial charge in [0, 0.05) is 10.0 Å². The monoisotopic (exact) mass is 286 g/mol. The molecule has 1 N–H and O–H groups in total. The van der Waals surface area contributed by atoms with E-state index >= 15 is 0 Å². The van der Waals surface area contributed by atoms with Crippen LogP contribution in [-0.2, 0) is 4.74 Å². The zero-order chi connectivity index (χ0) is 11.5. The summed E-state index contributed by atoms with van der Waals surface area (Å²) in [5, 5.41) is 10.00. The molecule has 1 unspecified atom stereocenters. The van der Waals surface area contributed by atoms with Crippen molar-refractivity contribution < 1.29 is 14.2 Å². The molecule has 0 fully saturated rings. The smallest absolute Gasteiger partial charge is 0.139 e. The second-order valence-corrected chi connectivity index (χ2v) is 4.58. The van der Waals surface area contributed by atoms with E-state index in [1.54, 1.807) is 12.1 Å². The molecule has 0 saturated carbocycles. The van der Waals surface area contributed by atoms with Crippen LogP contribution in [0.1, 0.15) is 24.5 Å². The number of benzene rings is 1. The summed E-state index contributed by atoms with van der Waals surface area (Å²) in [7, 11) is 0. The summed E-state index contributed by atoms with van der Waals surface area (Å²) >= 11 is 3.25. The van der Waals surface area contributed by atoms with Gasteiger partial charge in [-0.05, 0) is 37.1 Å². The van der Waals surface area contributed by atoms with Crippen molar-refractivity contribution >= 4 is 15.9 Å². The Morgan fingerprint density at radius 1 is 1.44 bits per heavy atom. The molecule has 86 valence electrons. The molecule has 0 radical (unpaired) electrons. The molecule has 1 heterocycles. The van der Waals surface area contributed by atoms with Crippen molar-refractivity contribution in [3.8, 4) is 0 Å². The molecule has 2 nitrogen and oxygen atoms in total. The molecule has 0 aromatic heterocycles. The van der Waals surface area contributed by atoms with Gasteiger partial charge in [0.15, 0.2) is 0 Å². The Labute approximate surface area is 102 Å². The van der Waals surface area contributed by atoms with Crippen molar-refractivity contribution in [1.29, 1.82) is 0 Å². The Kier molecular flexibility index (Phi) is 3.61. The lowest BCUT2D eigenvalue weighted by Crippen LogP contribution is -2.11. The summed E-state index contributed by atoms with van der Waals surface area (Å²) in [6, 6.07) is 4.49. The van der Waals surface area contributed by atoms with Crippen molar-refractivity contribution in [1.82, 2.24) is 0 Å². The average Bonchev–Trinajstić information content (AvgIpc) is 2.32. The van der Waals surface area contributed by atoms with Gasteiger partial charge in [0.1, 0.15) is 17.7 Å². The van der Waals surface area contributed by atoms with E-state index in [-0.39, 0.29) is 5.56 Å². The summed E-state index contributed by atoms with van der Waals surface area (Å²) in [4.78, 5) is 0. The highest BCUT2D eigenvalue weighted by Gasteiger charge is 2.20. The molecule has 0 bridgehead atoms. The van der Waals surface area contributed by atoms with Gasteiger partial charge in [0.05, 0.1) is 6.61 Å². The van der Waals surface area contributed by atoms with E-state index in [4.69, 9.17) is 4.74 Å². The predicted molar refractivity (Wildman–Crippen MR) is 62.3 cm³/mol. The highest BCUT2D eigenvalue weighted by molar-refractivity contribution is 9.10. The Bertz CT molecular complexity index is 417. The van der Waals surface area contributed by atoms with Crippen LogP contribution in [0, 0.1) is 5.82 Å². The second-order valence-electron chi connectivity index (χ2n) is 3.67. The SMILES string of the molecule is OC(C1=CCCCO1)c1cc(Br)ccc1F. The van der Waals surface area contributed by atoms with Crippen LogP contribution in [0.25, 0.3) is 0 Å². The first kappa shape index (κ1) is 11.6. The minimum Gasteiger partial charge on any atom is -0.495 e. The maximum absolute atomic E-state index is 13.5. The van der Waals surface area contributed by atoms with Gasteiger partial charge in [-0.3, -0.25) is 0 Å². The van der Waals surface area contributed by atoms with Crippen LogP contribution in [0.5, 0.6) is 0 Å².